The van der Waals surface area contributed by atoms with Crippen molar-refractivity contribution in [3.63, 3.8) is 0 Å². The fraction of sp³-hybridized carbons (Fsp3) is 0. The minimum atomic E-state index is -0.00324. The summed E-state index contributed by atoms with van der Waals surface area (Å²) in [5.41, 5.74) is 0.872. The van der Waals surface area contributed by atoms with Crippen LogP contribution < -0.4 is 5.56 Å². The van der Waals surface area contributed by atoms with E-state index in [4.69, 9.17) is 0 Å². The molecule has 2 rings (SSSR count). The molecule has 53 valence electrons. The molecule has 0 aliphatic rings. The average molecular weight is 144 g/mol. The van der Waals surface area contributed by atoms with Gasteiger partial charge in [0.1, 0.15) is 0 Å². The van der Waals surface area contributed by atoms with E-state index in [1.54, 1.807) is 28.8 Å². The van der Waals surface area contributed by atoms with Crippen LogP contribution in [0.3, 0.4) is 0 Å². The van der Waals surface area contributed by atoms with Gasteiger partial charge in [-0.15, -0.1) is 0 Å². The molecule has 0 N–H and O–H groups in total. The van der Waals surface area contributed by atoms with Gasteiger partial charge >= 0.3 is 0 Å². The summed E-state index contributed by atoms with van der Waals surface area (Å²) in [6.07, 6.45) is 1.71. The van der Waals surface area contributed by atoms with Crippen LogP contribution in [0.2, 0.25) is 0 Å². The zero-order valence-corrected chi connectivity index (χ0v) is 5.82. The van der Waals surface area contributed by atoms with Gasteiger partial charge in [-0.2, -0.15) is 0 Å². The maximum absolute atomic E-state index is 11.1. The second kappa shape index (κ2) is 2.23. The van der Waals surface area contributed by atoms with E-state index in [1.165, 1.54) is 6.07 Å². The van der Waals surface area contributed by atoms with Gasteiger partial charge in [-0.3, -0.25) is 9.20 Å². The van der Waals surface area contributed by atoms with Gasteiger partial charge in [0, 0.05) is 17.8 Å². The number of hydrogen-bond donors (Lipinski definition) is 0. The first-order valence-corrected chi connectivity index (χ1v) is 3.35. The number of aromatic nitrogens is 1. The molecule has 2 heterocycles. The maximum atomic E-state index is 11.1. The second-order valence-electron chi connectivity index (χ2n) is 2.29. The van der Waals surface area contributed by atoms with E-state index in [0.717, 1.165) is 5.52 Å². The van der Waals surface area contributed by atoms with Crippen LogP contribution in [-0.4, -0.2) is 4.40 Å². The van der Waals surface area contributed by atoms with Crippen molar-refractivity contribution in [2.45, 2.75) is 0 Å². The van der Waals surface area contributed by atoms with Gasteiger partial charge in [0.2, 0.25) is 0 Å². The molecule has 0 aliphatic heterocycles. The van der Waals surface area contributed by atoms with E-state index in [0.29, 0.717) is 0 Å². The van der Waals surface area contributed by atoms with Crippen molar-refractivity contribution in [3.05, 3.63) is 52.9 Å². The van der Waals surface area contributed by atoms with Gasteiger partial charge in [-0.25, -0.2) is 0 Å². The molecule has 0 unspecified atom stereocenters. The van der Waals surface area contributed by atoms with Crippen molar-refractivity contribution in [2.75, 3.05) is 0 Å². The van der Waals surface area contributed by atoms with E-state index >= 15 is 0 Å². The predicted molar refractivity (Wildman–Crippen MR) is 42.5 cm³/mol. The molecule has 0 atom stereocenters. The highest BCUT2D eigenvalue weighted by Gasteiger charge is 1.89. The van der Waals surface area contributed by atoms with E-state index in [1.807, 2.05) is 6.07 Å². The van der Waals surface area contributed by atoms with Crippen LogP contribution in [-0.2, 0) is 0 Å². The number of hydrogen-bond acceptors (Lipinski definition) is 1. The van der Waals surface area contributed by atoms with Crippen LogP contribution in [0.1, 0.15) is 0 Å². The molecule has 1 radical (unpaired) electrons. The first kappa shape index (κ1) is 6.16. The van der Waals surface area contributed by atoms with Crippen molar-refractivity contribution in [1.82, 2.24) is 4.40 Å². The zero-order valence-electron chi connectivity index (χ0n) is 5.82. The highest BCUT2D eigenvalue weighted by Crippen LogP contribution is 1.96. The maximum Gasteiger partial charge on any atom is 0.255 e. The molecule has 0 spiro atoms. The van der Waals surface area contributed by atoms with E-state index < -0.39 is 0 Å². The molecule has 0 saturated heterocycles. The van der Waals surface area contributed by atoms with E-state index in [9.17, 15) is 4.79 Å². The average Bonchev–Trinajstić information content (AvgIpc) is 2.06. The largest absolute Gasteiger partial charge is 0.284 e. The lowest BCUT2D eigenvalue weighted by atomic mass is 10.3. The Morgan fingerprint density at radius 2 is 2.27 bits per heavy atom. The molecular formula is C9H6NO. The number of rotatable bonds is 0. The van der Waals surface area contributed by atoms with Crippen molar-refractivity contribution < 1.29 is 0 Å². The second-order valence-corrected chi connectivity index (χ2v) is 2.29. The lowest BCUT2D eigenvalue weighted by Crippen LogP contribution is -2.09. The lowest BCUT2D eigenvalue weighted by molar-refractivity contribution is 1.10. The molecule has 0 bridgehead atoms. The van der Waals surface area contributed by atoms with Gasteiger partial charge in [0.25, 0.3) is 5.56 Å². The van der Waals surface area contributed by atoms with Crippen molar-refractivity contribution in [3.8, 4) is 0 Å². The summed E-state index contributed by atoms with van der Waals surface area (Å²) in [5, 5.41) is 0. The summed E-state index contributed by atoms with van der Waals surface area (Å²) >= 11 is 0. The minimum absolute atomic E-state index is 0.00324. The van der Waals surface area contributed by atoms with Crippen LogP contribution in [0.25, 0.3) is 5.52 Å². The topological polar surface area (TPSA) is 21.5 Å². The molecule has 2 heteroatoms. The highest BCUT2D eigenvalue weighted by atomic mass is 16.1. The van der Waals surface area contributed by atoms with Crippen LogP contribution in [0, 0.1) is 6.07 Å². The van der Waals surface area contributed by atoms with Gasteiger partial charge in [0.05, 0.1) is 0 Å². The minimum Gasteiger partial charge on any atom is -0.284 e. The third kappa shape index (κ3) is 0.923. The van der Waals surface area contributed by atoms with Crippen LogP contribution in [0.4, 0.5) is 0 Å². The Bertz CT molecular complexity index is 425. The Labute approximate surface area is 63.7 Å². The number of fused-ring (bicyclic) bond motifs is 1. The molecular weight excluding hydrogens is 138 g/mol. The third-order valence-electron chi connectivity index (χ3n) is 1.57. The molecule has 0 saturated carbocycles. The fourth-order valence-electron chi connectivity index (χ4n) is 1.05. The zero-order chi connectivity index (χ0) is 7.68. The Kier molecular flexibility index (Phi) is 1.25. The van der Waals surface area contributed by atoms with Gasteiger partial charge in [0.15, 0.2) is 0 Å². The van der Waals surface area contributed by atoms with E-state index in [2.05, 4.69) is 6.07 Å². The molecule has 0 fully saturated rings. The smallest absolute Gasteiger partial charge is 0.255 e. The monoisotopic (exact) mass is 144 g/mol. The summed E-state index contributed by atoms with van der Waals surface area (Å²) in [7, 11) is 0. The summed E-state index contributed by atoms with van der Waals surface area (Å²) in [6.45, 7) is 0. The number of nitrogens with zero attached hydrogens (tertiary/aromatic N) is 1. The van der Waals surface area contributed by atoms with E-state index in [-0.39, 0.29) is 5.56 Å². The first-order valence-electron chi connectivity index (χ1n) is 3.35. The molecule has 2 aromatic heterocycles. The van der Waals surface area contributed by atoms with Crippen molar-refractivity contribution in [2.24, 2.45) is 0 Å². The van der Waals surface area contributed by atoms with Crippen LogP contribution in [0.15, 0.2) is 41.3 Å². The van der Waals surface area contributed by atoms with Crippen LogP contribution in [0.5, 0.6) is 0 Å². The van der Waals surface area contributed by atoms with Gasteiger partial charge < -0.3 is 0 Å². The summed E-state index contributed by atoms with van der Waals surface area (Å²) in [5.74, 6) is 0. The molecule has 0 aromatic carbocycles. The Hall–Kier alpha value is -1.57. The Morgan fingerprint density at radius 3 is 3.09 bits per heavy atom. The highest BCUT2D eigenvalue weighted by molar-refractivity contribution is 5.44. The molecule has 11 heavy (non-hydrogen) atoms. The lowest BCUT2D eigenvalue weighted by Gasteiger charge is -1.95. The van der Waals surface area contributed by atoms with Gasteiger partial charge in [-0.05, 0) is 24.3 Å². The third-order valence-corrected chi connectivity index (χ3v) is 1.57. The summed E-state index contributed by atoms with van der Waals surface area (Å²) < 4.78 is 1.58. The van der Waals surface area contributed by atoms with Gasteiger partial charge in [-0.1, -0.05) is 6.07 Å². The normalized spacial score (nSPS) is 10.2. The predicted octanol–water partition coefficient (Wildman–Crippen LogP) is 1.10. The van der Waals surface area contributed by atoms with Crippen LogP contribution >= 0.6 is 0 Å². The first-order chi connectivity index (χ1) is 5.38. The Morgan fingerprint density at radius 1 is 1.36 bits per heavy atom. The quantitative estimate of drug-likeness (QED) is 0.542. The van der Waals surface area contributed by atoms with Crippen molar-refractivity contribution >= 4 is 5.52 Å². The fourth-order valence-corrected chi connectivity index (χ4v) is 1.05. The molecule has 2 nitrogen and oxygen atoms in total. The standard InChI is InChI=1S/C9H6NO/c11-9-6-3-5-8-4-1-2-7-10(8)9/h2-7H. The van der Waals surface area contributed by atoms with Crippen molar-refractivity contribution in [1.29, 1.82) is 0 Å². The molecule has 2 aromatic rings. The number of pyridine rings is 2. The summed E-state index contributed by atoms with van der Waals surface area (Å²) in [6, 6.07) is 11.5. The summed E-state index contributed by atoms with van der Waals surface area (Å²) in [4.78, 5) is 11.1. The molecule has 0 aliphatic carbocycles. The molecule has 0 amide bonds. The SMILES string of the molecule is O=c1cccc2c[c]ccn12. The Balaban J connectivity index is 3.03.